The number of thioether (sulfide) groups is 1. The Hall–Kier alpha value is -2.80. The minimum Gasteiger partial charge on any atom is -0.340 e. The Morgan fingerprint density at radius 2 is 1.96 bits per heavy atom. The molecule has 0 aromatic heterocycles. The number of hydrogen-bond acceptors (Lipinski definition) is 4. The number of para-hydroxylation sites is 1. The van der Waals surface area contributed by atoms with Crippen LogP contribution in [0.2, 0.25) is 0 Å². The summed E-state index contributed by atoms with van der Waals surface area (Å²) in [7, 11) is 0. The molecule has 25 heavy (non-hydrogen) atoms. The second-order valence-electron chi connectivity index (χ2n) is 5.55. The van der Waals surface area contributed by atoms with Crippen LogP contribution in [0.25, 0.3) is 0 Å². The van der Waals surface area contributed by atoms with Crippen LogP contribution in [0.3, 0.4) is 0 Å². The number of rotatable bonds is 4. The van der Waals surface area contributed by atoms with Crippen molar-refractivity contribution in [3.05, 3.63) is 54.1 Å². The molecule has 2 aromatic carbocycles. The van der Waals surface area contributed by atoms with Crippen LogP contribution in [0.5, 0.6) is 0 Å². The summed E-state index contributed by atoms with van der Waals surface area (Å²) < 4.78 is 0. The van der Waals surface area contributed by atoms with Crippen LogP contribution in [0.4, 0.5) is 11.4 Å². The third-order valence-corrected chi connectivity index (χ3v) is 4.52. The Balaban J connectivity index is 1.69. The standard InChI is InChI=1S/C18H17N3O3S/c1-25-12-6-4-5-11(9-12)19-16(22)10-15-18(24)20-14-8-3-2-7-13(14)17(23)21-15/h2-9,15H,10H2,1H3,(H,19,22)(H,20,24)(H,21,23)/t15-/m0/s1. The van der Waals surface area contributed by atoms with E-state index in [1.54, 1.807) is 42.1 Å². The van der Waals surface area contributed by atoms with E-state index in [9.17, 15) is 14.4 Å². The summed E-state index contributed by atoms with van der Waals surface area (Å²) >= 11 is 1.57. The third kappa shape index (κ3) is 4.00. The summed E-state index contributed by atoms with van der Waals surface area (Å²) in [6.45, 7) is 0. The highest BCUT2D eigenvalue weighted by molar-refractivity contribution is 7.98. The lowest BCUT2D eigenvalue weighted by Gasteiger charge is -2.14. The molecule has 0 unspecified atom stereocenters. The molecular formula is C18H17N3O3S. The minimum atomic E-state index is -0.927. The molecule has 0 radical (unpaired) electrons. The molecule has 6 nitrogen and oxygen atoms in total. The van der Waals surface area contributed by atoms with Gasteiger partial charge in [-0.15, -0.1) is 11.8 Å². The van der Waals surface area contributed by atoms with Crippen molar-refractivity contribution in [3.8, 4) is 0 Å². The average molecular weight is 355 g/mol. The van der Waals surface area contributed by atoms with Gasteiger partial charge in [0.15, 0.2) is 0 Å². The highest BCUT2D eigenvalue weighted by Crippen LogP contribution is 2.21. The van der Waals surface area contributed by atoms with Gasteiger partial charge in [0.1, 0.15) is 6.04 Å². The number of amides is 3. The molecule has 1 atom stereocenters. The lowest BCUT2D eigenvalue weighted by atomic mass is 10.1. The average Bonchev–Trinajstić information content (AvgIpc) is 2.72. The summed E-state index contributed by atoms with van der Waals surface area (Å²) in [6.07, 6.45) is 1.80. The first-order valence-electron chi connectivity index (χ1n) is 7.71. The largest absolute Gasteiger partial charge is 0.340 e. The molecule has 0 saturated carbocycles. The first-order chi connectivity index (χ1) is 12.1. The van der Waals surface area contributed by atoms with Crippen molar-refractivity contribution in [2.75, 3.05) is 16.9 Å². The number of anilines is 2. The van der Waals surface area contributed by atoms with Gasteiger partial charge in [0.25, 0.3) is 5.91 Å². The van der Waals surface area contributed by atoms with E-state index in [1.807, 2.05) is 24.5 Å². The van der Waals surface area contributed by atoms with Crippen LogP contribution in [0, 0.1) is 0 Å². The fourth-order valence-corrected chi connectivity index (χ4v) is 3.01. The number of carbonyl (C=O) groups excluding carboxylic acids is 3. The first kappa shape index (κ1) is 17.0. The lowest BCUT2D eigenvalue weighted by molar-refractivity contribution is -0.122. The number of benzene rings is 2. The molecular weight excluding hydrogens is 338 g/mol. The highest BCUT2D eigenvalue weighted by Gasteiger charge is 2.29. The summed E-state index contributed by atoms with van der Waals surface area (Å²) in [4.78, 5) is 37.8. The second-order valence-corrected chi connectivity index (χ2v) is 6.42. The Bertz CT molecular complexity index is 838. The van der Waals surface area contributed by atoms with Crippen molar-refractivity contribution in [2.24, 2.45) is 0 Å². The molecule has 0 aliphatic carbocycles. The quantitative estimate of drug-likeness (QED) is 0.736. The van der Waals surface area contributed by atoms with E-state index in [0.717, 1.165) is 4.90 Å². The molecule has 1 aliphatic rings. The number of carbonyl (C=O) groups is 3. The van der Waals surface area contributed by atoms with Gasteiger partial charge in [0, 0.05) is 10.6 Å². The van der Waals surface area contributed by atoms with Crippen molar-refractivity contribution in [3.63, 3.8) is 0 Å². The van der Waals surface area contributed by atoms with Crippen molar-refractivity contribution in [1.29, 1.82) is 0 Å². The molecule has 3 N–H and O–H groups in total. The molecule has 128 valence electrons. The van der Waals surface area contributed by atoms with E-state index < -0.39 is 11.9 Å². The van der Waals surface area contributed by atoms with Gasteiger partial charge in [0.2, 0.25) is 11.8 Å². The topological polar surface area (TPSA) is 87.3 Å². The summed E-state index contributed by atoms with van der Waals surface area (Å²) in [5, 5.41) is 8.05. The van der Waals surface area contributed by atoms with E-state index in [2.05, 4.69) is 16.0 Å². The molecule has 3 rings (SSSR count). The highest BCUT2D eigenvalue weighted by atomic mass is 32.2. The smallest absolute Gasteiger partial charge is 0.254 e. The number of nitrogens with one attached hydrogen (secondary N) is 3. The zero-order valence-corrected chi connectivity index (χ0v) is 14.4. The lowest BCUT2D eigenvalue weighted by Crippen LogP contribution is -2.43. The molecule has 0 saturated heterocycles. The van der Waals surface area contributed by atoms with Crippen LogP contribution in [0.1, 0.15) is 16.8 Å². The van der Waals surface area contributed by atoms with Crippen LogP contribution in [-0.4, -0.2) is 30.0 Å². The Kier molecular flexibility index (Phi) is 5.04. The maximum atomic E-state index is 12.3. The van der Waals surface area contributed by atoms with Crippen molar-refractivity contribution < 1.29 is 14.4 Å². The number of fused-ring (bicyclic) bond motifs is 1. The van der Waals surface area contributed by atoms with Crippen molar-refractivity contribution in [1.82, 2.24) is 5.32 Å². The van der Waals surface area contributed by atoms with E-state index in [1.165, 1.54) is 0 Å². The van der Waals surface area contributed by atoms with Crippen LogP contribution < -0.4 is 16.0 Å². The minimum absolute atomic E-state index is 0.144. The van der Waals surface area contributed by atoms with Gasteiger partial charge in [-0.2, -0.15) is 0 Å². The van der Waals surface area contributed by atoms with E-state index in [-0.39, 0.29) is 18.2 Å². The SMILES string of the molecule is CSc1cccc(NC(=O)C[C@@H]2NC(=O)c3ccccc3NC2=O)c1. The third-order valence-electron chi connectivity index (χ3n) is 3.79. The maximum Gasteiger partial charge on any atom is 0.254 e. The summed E-state index contributed by atoms with van der Waals surface area (Å²) in [5.41, 5.74) is 1.48. The zero-order valence-electron chi connectivity index (χ0n) is 13.5. The Morgan fingerprint density at radius 1 is 1.16 bits per heavy atom. The Labute approximate surface area is 149 Å². The second kappa shape index (κ2) is 7.40. The van der Waals surface area contributed by atoms with Gasteiger partial charge in [-0.3, -0.25) is 14.4 Å². The summed E-state index contributed by atoms with van der Waals surface area (Å²) in [5.74, 6) is -1.13. The van der Waals surface area contributed by atoms with Crippen molar-refractivity contribution in [2.45, 2.75) is 17.4 Å². The van der Waals surface area contributed by atoms with E-state index in [4.69, 9.17) is 0 Å². The molecule has 1 heterocycles. The van der Waals surface area contributed by atoms with Crippen molar-refractivity contribution >= 4 is 40.9 Å². The maximum absolute atomic E-state index is 12.3. The zero-order chi connectivity index (χ0) is 17.8. The fraction of sp³-hybridized carbons (Fsp3) is 0.167. The van der Waals surface area contributed by atoms with Gasteiger partial charge in [-0.05, 0) is 36.6 Å². The van der Waals surface area contributed by atoms with E-state index in [0.29, 0.717) is 16.9 Å². The predicted octanol–water partition coefficient (Wildman–Crippen LogP) is 2.49. The summed E-state index contributed by atoms with van der Waals surface area (Å²) in [6, 6.07) is 13.2. The van der Waals surface area contributed by atoms with Gasteiger partial charge in [-0.25, -0.2) is 0 Å². The molecule has 7 heteroatoms. The number of hydrogen-bond donors (Lipinski definition) is 3. The normalized spacial score (nSPS) is 16.3. The molecule has 0 fully saturated rings. The molecule has 0 bridgehead atoms. The molecule has 0 spiro atoms. The molecule has 1 aliphatic heterocycles. The van der Waals surface area contributed by atoms with Crippen LogP contribution >= 0.6 is 11.8 Å². The predicted molar refractivity (Wildman–Crippen MR) is 97.8 cm³/mol. The Morgan fingerprint density at radius 3 is 2.76 bits per heavy atom. The fourth-order valence-electron chi connectivity index (χ4n) is 2.55. The van der Waals surface area contributed by atoms with E-state index >= 15 is 0 Å². The first-order valence-corrected chi connectivity index (χ1v) is 8.94. The van der Waals surface area contributed by atoms with Gasteiger partial charge < -0.3 is 16.0 Å². The molecule has 2 aromatic rings. The monoisotopic (exact) mass is 355 g/mol. The van der Waals surface area contributed by atoms with Gasteiger partial charge in [-0.1, -0.05) is 18.2 Å². The van der Waals surface area contributed by atoms with Crippen LogP contribution in [0.15, 0.2) is 53.4 Å². The van der Waals surface area contributed by atoms with Gasteiger partial charge >= 0.3 is 0 Å². The molecule has 3 amide bonds. The van der Waals surface area contributed by atoms with Crippen LogP contribution in [-0.2, 0) is 9.59 Å². The van der Waals surface area contributed by atoms with Gasteiger partial charge in [0.05, 0.1) is 17.7 Å².